The molecule has 4 nitrogen and oxygen atoms in total. The van der Waals surface area contributed by atoms with Crippen LogP contribution in [0.3, 0.4) is 0 Å². The van der Waals surface area contributed by atoms with Crippen LogP contribution in [-0.4, -0.2) is 24.1 Å². The molecule has 1 aliphatic carbocycles. The molecule has 1 aromatic rings. The van der Waals surface area contributed by atoms with Crippen LogP contribution in [0.1, 0.15) is 49.9 Å². The molecule has 0 aliphatic heterocycles. The van der Waals surface area contributed by atoms with Crippen molar-refractivity contribution in [2.75, 3.05) is 0 Å². The predicted octanol–water partition coefficient (Wildman–Crippen LogP) is 2.47. The van der Waals surface area contributed by atoms with Gasteiger partial charge in [-0.3, -0.25) is 4.79 Å². The van der Waals surface area contributed by atoms with Gasteiger partial charge in [0, 0.05) is 17.6 Å². The van der Waals surface area contributed by atoms with Crippen LogP contribution in [0.25, 0.3) is 0 Å². The van der Waals surface area contributed by atoms with Crippen molar-refractivity contribution < 1.29 is 9.53 Å². The van der Waals surface area contributed by atoms with Gasteiger partial charge in [0.2, 0.25) is 0 Å². The molecule has 0 aromatic heterocycles. The van der Waals surface area contributed by atoms with E-state index in [-0.39, 0.29) is 18.1 Å². The third-order valence-corrected chi connectivity index (χ3v) is 3.58. The van der Waals surface area contributed by atoms with Crippen LogP contribution in [0.5, 0.6) is 5.75 Å². The molecule has 0 spiro atoms. The fourth-order valence-electron chi connectivity index (χ4n) is 2.52. The van der Waals surface area contributed by atoms with E-state index in [9.17, 15) is 4.79 Å². The fourth-order valence-corrected chi connectivity index (χ4v) is 2.52. The summed E-state index contributed by atoms with van der Waals surface area (Å²) in [6, 6.07) is 7.88. The van der Waals surface area contributed by atoms with Gasteiger partial charge in [-0.05, 0) is 57.7 Å². The zero-order chi connectivity index (χ0) is 14.5. The molecule has 3 N–H and O–H groups in total. The van der Waals surface area contributed by atoms with Gasteiger partial charge in [0.05, 0.1) is 6.10 Å². The highest BCUT2D eigenvalue weighted by Gasteiger charge is 2.20. The van der Waals surface area contributed by atoms with Gasteiger partial charge in [0.1, 0.15) is 5.75 Å². The summed E-state index contributed by atoms with van der Waals surface area (Å²) in [5.74, 6) is 0.706. The van der Waals surface area contributed by atoms with Crippen molar-refractivity contribution in [2.24, 2.45) is 5.73 Å². The average Bonchev–Trinajstić information content (AvgIpc) is 2.41. The monoisotopic (exact) mass is 276 g/mol. The highest BCUT2D eigenvalue weighted by Crippen LogP contribution is 2.19. The SMILES string of the molecule is CC(C)Oc1cccc(C(=O)NC2CCC(N)CC2)c1. The number of carbonyl (C=O) groups is 1. The molecule has 1 aliphatic rings. The third kappa shape index (κ3) is 4.23. The molecule has 110 valence electrons. The molecule has 0 atom stereocenters. The van der Waals surface area contributed by atoms with E-state index >= 15 is 0 Å². The Morgan fingerprint density at radius 1 is 1.30 bits per heavy atom. The molecular formula is C16H24N2O2. The number of amides is 1. The Labute approximate surface area is 120 Å². The number of nitrogens with one attached hydrogen (secondary N) is 1. The quantitative estimate of drug-likeness (QED) is 0.888. The van der Waals surface area contributed by atoms with Crippen LogP contribution < -0.4 is 15.8 Å². The molecule has 1 amide bonds. The summed E-state index contributed by atoms with van der Waals surface area (Å²) in [7, 11) is 0. The van der Waals surface area contributed by atoms with Crippen molar-refractivity contribution >= 4 is 5.91 Å². The summed E-state index contributed by atoms with van der Waals surface area (Å²) in [6.07, 6.45) is 4.01. The normalized spacial score (nSPS) is 22.6. The van der Waals surface area contributed by atoms with Gasteiger partial charge < -0.3 is 15.8 Å². The maximum Gasteiger partial charge on any atom is 0.251 e. The average molecular weight is 276 g/mol. The van der Waals surface area contributed by atoms with E-state index in [1.807, 2.05) is 32.0 Å². The number of nitrogens with two attached hydrogens (primary N) is 1. The molecule has 0 saturated heterocycles. The topological polar surface area (TPSA) is 64.3 Å². The first-order chi connectivity index (χ1) is 9.54. The lowest BCUT2D eigenvalue weighted by Gasteiger charge is -2.26. The molecule has 20 heavy (non-hydrogen) atoms. The number of ether oxygens (including phenoxy) is 1. The Kier molecular flexibility index (Phi) is 5.01. The molecule has 0 unspecified atom stereocenters. The lowest BCUT2D eigenvalue weighted by Crippen LogP contribution is -2.40. The van der Waals surface area contributed by atoms with Crippen molar-refractivity contribution in [3.05, 3.63) is 29.8 Å². The first-order valence-corrected chi connectivity index (χ1v) is 7.38. The van der Waals surface area contributed by atoms with Gasteiger partial charge in [-0.2, -0.15) is 0 Å². The fraction of sp³-hybridized carbons (Fsp3) is 0.562. The molecule has 0 heterocycles. The molecule has 0 radical (unpaired) electrons. The Balaban J connectivity index is 1.95. The minimum atomic E-state index is -0.0281. The lowest BCUT2D eigenvalue weighted by molar-refractivity contribution is 0.0925. The minimum absolute atomic E-state index is 0.0281. The molecule has 0 bridgehead atoms. The van der Waals surface area contributed by atoms with Crippen LogP contribution in [0.2, 0.25) is 0 Å². The van der Waals surface area contributed by atoms with E-state index in [1.165, 1.54) is 0 Å². The van der Waals surface area contributed by atoms with E-state index in [1.54, 1.807) is 6.07 Å². The van der Waals surface area contributed by atoms with Crippen LogP contribution in [0, 0.1) is 0 Å². The zero-order valence-electron chi connectivity index (χ0n) is 12.3. The smallest absolute Gasteiger partial charge is 0.251 e. The van der Waals surface area contributed by atoms with Crippen molar-refractivity contribution in [2.45, 2.75) is 57.7 Å². The molecule has 1 saturated carbocycles. The standard InChI is InChI=1S/C16H24N2O2/c1-11(2)20-15-5-3-4-12(10-15)16(19)18-14-8-6-13(17)7-9-14/h3-5,10-11,13-14H,6-9,17H2,1-2H3,(H,18,19). The summed E-state index contributed by atoms with van der Waals surface area (Å²) in [5.41, 5.74) is 6.53. The van der Waals surface area contributed by atoms with Crippen molar-refractivity contribution in [1.29, 1.82) is 0 Å². The van der Waals surface area contributed by atoms with E-state index in [4.69, 9.17) is 10.5 Å². The van der Waals surface area contributed by atoms with E-state index < -0.39 is 0 Å². The number of carbonyl (C=O) groups excluding carboxylic acids is 1. The second kappa shape index (κ2) is 6.75. The van der Waals surface area contributed by atoms with Crippen molar-refractivity contribution in [1.82, 2.24) is 5.32 Å². The molecule has 1 fully saturated rings. The maximum atomic E-state index is 12.2. The Morgan fingerprint density at radius 3 is 2.65 bits per heavy atom. The number of hydrogen-bond acceptors (Lipinski definition) is 3. The maximum absolute atomic E-state index is 12.2. The van der Waals surface area contributed by atoms with Crippen LogP contribution >= 0.6 is 0 Å². The van der Waals surface area contributed by atoms with Crippen molar-refractivity contribution in [3.63, 3.8) is 0 Å². The number of benzene rings is 1. The molecule has 2 rings (SSSR count). The van der Waals surface area contributed by atoms with Gasteiger partial charge in [0.25, 0.3) is 5.91 Å². The second-order valence-corrected chi connectivity index (χ2v) is 5.78. The summed E-state index contributed by atoms with van der Waals surface area (Å²) in [4.78, 5) is 12.2. The number of rotatable bonds is 4. The van der Waals surface area contributed by atoms with Gasteiger partial charge in [-0.15, -0.1) is 0 Å². The first-order valence-electron chi connectivity index (χ1n) is 7.38. The first kappa shape index (κ1) is 14.9. The largest absolute Gasteiger partial charge is 0.491 e. The molecule has 1 aromatic carbocycles. The molecular weight excluding hydrogens is 252 g/mol. The van der Waals surface area contributed by atoms with Gasteiger partial charge in [0.15, 0.2) is 0 Å². The van der Waals surface area contributed by atoms with E-state index in [0.717, 1.165) is 31.4 Å². The summed E-state index contributed by atoms with van der Waals surface area (Å²) in [6.45, 7) is 3.94. The predicted molar refractivity (Wildman–Crippen MR) is 79.9 cm³/mol. The highest BCUT2D eigenvalue weighted by atomic mass is 16.5. The second-order valence-electron chi connectivity index (χ2n) is 5.78. The lowest BCUT2D eigenvalue weighted by atomic mass is 9.91. The Morgan fingerprint density at radius 2 is 2.00 bits per heavy atom. The van der Waals surface area contributed by atoms with E-state index in [0.29, 0.717) is 11.6 Å². The third-order valence-electron chi connectivity index (χ3n) is 3.58. The Hall–Kier alpha value is -1.55. The number of hydrogen-bond donors (Lipinski definition) is 2. The van der Waals surface area contributed by atoms with Gasteiger partial charge in [-0.25, -0.2) is 0 Å². The summed E-state index contributed by atoms with van der Waals surface area (Å²) < 4.78 is 5.61. The molecule has 4 heteroatoms. The zero-order valence-corrected chi connectivity index (χ0v) is 12.3. The summed E-state index contributed by atoms with van der Waals surface area (Å²) in [5, 5.41) is 3.09. The van der Waals surface area contributed by atoms with Crippen LogP contribution in [0.4, 0.5) is 0 Å². The Bertz CT molecular complexity index is 452. The minimum Gasteiger partial charge on any atom is -0.491 e. The highest BCUT2D eigenvalue weighted by molar-refractivity contribution is 5.94. The van der Waals surface area contributed by atoms with Crippen LogP contribution in [0.15, 0.2) is 24.3 Å². The van der Waals surface area contributed by atoms with E-state index in [2.05, 4.69) is 5.32 Å². The van der Waals surface area contributed by atoms with Crippen molar-refractivity contribution in [3.8, 4) is 5.75 Å². The van der Waals surface area contributed by atoms with Gasteiger partial charge >= 0.3 is 0 Å². The van der Waals surface area contributed by atoms with Gasteiger partial charge in [-0.1, -0.05) is 6.07 Å². The summed E-state index contributed by atoms with van der Waals surface area (Å²) >= 11 is 0. The van der Waals surface area contributed by atoms with Crippen LogP contribution in [-0.2, 0) is 0 Å².